The zero-order valence-corrected chi connectivity index (χ0v) is 13.2. The van der Waals surface area contributed by atoms with Crippen LogP contribution in [-0.4, -0.2) is 25.7 Å². The van der Waals surface area contributed by atoms with E-state index in [1.165, 1.54) is 0 Å². The molecule has 1 fully saturated rings. The Morgan fingerprint density at radius 1 is 1.45 bits per heavy atom. The Morgan fingerprint density at radius 2 is 2.10 bits per heavy atom. The summed E-state index contributed by atoms with van der Waals surface area (Å²) in [6.45, 7) is 3.65. The molecule has 20 heavy (non-hydrogen) atoms. The van der Waals surface area contributed by atoms with Gasteiger partial charge in [-0.05, 0) is 49.8 Å². The summed E-state index contributed by atoms with van der Waals surface area (Å²) in [6.07, 6.45) is 1.74. The Kier molecular flexibility index (Phi) is 4.74. The topological polar surface area (TPSA) is 66.4 Å². The molecule has 0 radical (unpaired) electrons. The standard InChI is InChI=1S/C14H20ClNO3S/c1-3-13(10-7-11(17)8-10)16-20(18,19)14-6-4-5-12(15)9(14)2/h4-6,10-11,13,16-17H,3,7-8H2,1-2H3/t10?,11?,13-/m0/s1. The molecule has 6 heteroatoms. The molecule has 0 aliphatic heterocycles. The summed E-state index contributed by atoms with van der Waals surface area (Å²) in [5.74, 6) is 0.212. The molecule has 0 aromatic heterocycles. The van der Waals surface area contributed by atoms with E-state index in [9.17, 15) is 13.5 Å². The molecule has 1 saturated carbocycles. The van der Waals surface area contributed by atoms with Gasteiger partial charge in [-0.2, -0.15) is 0 Å². The quantitative estimate of drug-likeness (QED) is 0.876. The van der Waals surface area contributed by atoms with E-state index in [1.807, 2.05) is 6.92 Å². The molecule has 1 aliphatic carbocycles. The van der Waals surface area contributed by atoms with Gasteiger partial charge in [0.15, 0.2) is 0 Å². The molecule has 1 aromatic rings. The lowest BCUT2D eigenvalue weighted by Crippen LogP contribution is -2.46. The van der Waals surface area contributed by atoms with E-state index in [-0.39, 0.29) is 23.0 Å². The molecule has 0 spiro atoms. The van der Waals surface area contributed by atoms with Crippen LogP contribution in [0, 0.1) is 12.8 Å². The molecule has 1 atom stereocenters. The monoisotopic (exact) mass is 317 g/mol. The number of aliphatic hydroxyl groups is 1. The van der Waals surface area contributed by atoms with Gasteiger partial charge in [0.1, 0.15) is 0 Å². The predicted octanol–water partition coefficient (Wildman–Crippen LogP) is 2.48. The third kappa shape index (κ3) is 3.17. The van der Waals surface area contributed by atoms with Gasteiger partial charge in [0.2, 0.25) is 10.0 Å². The summed E-state index contributed by atoms with van der Waals surface area (Å²) in [7, 11) is -3.58. The molecular weight excluding hydrogens is 298 g/mol. The van der Waals surface area contributed by atoms with Crippen LogP contribution >= 0.6 is 11.6 Å². The molecule has 112 valence electrons. The molecular formula is C14H20ClNO3S. The molecule has 0 heterocycles. The first kappa shape index (κ1) is 15.8. The number of hydrogen-bond acceptors (Lipinski definition) is 3. The average Bonchev–Trinajstić information content (AvgIpc) is 2.35. The van der Waals surface area contributed by atoms with Crippen molar-refractivity contribution in [3.8, 4) is 0 Å². The van der Waals surface area contributed by atoms with Crippen molar-refractivity contribution in [3.63, 3.8) is 0 Å². The van der Waals surface area contributed by atoms with Crippen molar-refractivity contribution >= 4 is 21.6 Å². The van der Waals surface area contributed by atoms with Crippen LogP contribution in [0.5, 0.6) is 0 Å². The SMILES string of the molecule is CC[C@H](NS(=O)(=O)c1cccc(Cl)c1C)C1CC(O)C1. The maximum atomic E-state index is 12.5. The van der Waals surface area contributed by atoms with Gasteiger partial charge in [-0.15, -0.1) is 0 Å². The van der Waals surface area contributed by atoms with E-state index in [0.717, 1.165) is 0 Å². The fourth-order valence-corrected chi connectivity index (χ4v) is 4.50. The Morgan fingerprint density at radius 3 is 2.65 bits per heavy atom. The Labute approximate surface area is 125 Å². The molecule has 2 N–H and O–H groups in total. The minimum Gasteiger partial charge on any atom is -0.393 e. The summed E-state index contributed by atoms with van der Waals surface area (Å²) in [5, 5.41) is 9.81. The number of aliphatic hydroxyl groups excluding tert-OH is 1. The Balaban J connectivity index is 2.20. The van der Waals surface area contributed by atoms with Gasteiger partial charge >= 0.3 is 0 Å². The van der Waals surface area contributed by atoms with E-state index in [4.69, 9.17) is 11.6 Å². The summed E-state index contributed by atoms with van der Waals surface area (Å²) in [5.41, 5.74) is 0.560. The summed E-state index contributed by atoms with van der Waals surface area (Å²) in [6, 6.07) is 4.74. The Hall–Kier alpha value is -0.620. The zero-order chi connectivity index (χ0) is 14.9. The highest BCUT2D eigenvalue weighted by Gasteiger charge is 2.35. The first-order chi connectivity index (χ1) is 9.35. The number of nitrogens with one attached hydrogen (secondary N) is 1. The van der Waals surface area contributed by atoms with Gasteiger partial charge in [-0.25, -0.2) is 13.1 Å². The van der Waals surface area contributed by atoms with Gasteiger partial charge in [0, 0.05) is 11.1 Å². The highest BCUT2D eigenvalue weighted by Crippen LogP contribution is 2.32. The predicted molar refractivity (Wildman–Crippen MR) is 79.3 cm³/mol. The zero-order valence-electron chi connectivity index (χ0n) is 11.6. The fourth-order valence-electron chi connectivity index (χ4n) is 2.61. The van der Waals surface area contributed by atoms with Gasteiger partial charge in [-0.3, -0.25) is 0 Å². The lowest BCUT2D eigenvalue weighted by molar-refractivity contribution is 0.0277. The second-order valence-corrected chi connectivity index (χ2v) is 7.47. The van der Waals surface area contributed by atoms with E-state index in [2.05, 4.69) is 4.72 Å². The first-order valence-electron chi connectivity index (χ1n) is 6.80. The van der Waals surface area contributed by atoms with Crippen molar-refractivity contribution in [2.24, 2.45) is 5.92 Å². The molecule has 0 saturated heterocycles. The number of hydrogen-bond donors (Lipinski definition) is 2. The van der Waals surface area contributed by atoms with Crippen LogP contribution < -0.4 is 4.72 Å². The number of halogens is 1. The average molecular weight is 318 g/mol. The van der Waals surface area contributed by atoms with Crippen molar-refractivity contribution < 1.29 is 13.5 Å². The maximum absolute atomic E-state index is 12.5. The second kappa shape index (κ2) is 6.02. The molecule has 1 aliphatic rings. The van der Waals surface area contributed by atoms with Crippen molar-refractivity contribution in [2.75, 3.05) is 0 Å². The van der Waals surface area contributed by atoms with E-state index < -0.39 is 10.0 Å². The highest BCUT2D eigenvalue weighted by atomic mass is 35.5. The van der Waals surface area contributed by atoms with Crippen molar-refractivity contribution in [1.82, 2.24) is 4.72 Å². The van der Waals surface area contributed by atoms with E-state index in [0.29, 0.717) is 29.8 Å². The highest BCUT2D eigenvalue weighted by molar-refractivity contribution is 7.89. The van der Waals surface area contributed by atoms with Crippen LogP contribution in [0.25, 0.3) is 0 Å². The summed E-state index contributed by atoms with van der Waals surface area (Å²) >= 11 is 5.99. The van der Waals surface area contributed by atoms with Gasteiger partial charge in [0.05, 0.1) is 11.0 Å². The Bertz CT molecular complexity index is 582. The first-order valence-corrected chi connectivity index (χ1v) is 8.66. The molecule has 1 aromatic carbocycles. The van der Waals surface area contributed by atoms with E-state index >= 15 is 0 Å². The van der Waals surface area contributed by atoms with Crippen LogP contribution in [0.1, 0.15) is 31.7 Å². The number of sulfonamides is 1. The van der Waals surface area contributed by atoms with Crippen molar-refractivity contribution in [1.29, 1.82) is 0 Å². The maximum Gasteiger partial charge on any atom is 0.241 e. The van der Waals surface area contributed by atoms with Crippen LogP contribution in [0.2, 0.25) is 5.02 Å². The number of rotatable bonds is 5. The van der Waals surface area contributed by atoms with Crippen LogP contribution in [0.4, 0.5) is 0 Å². The number of benzene rings is 1. The molecule has 2 rings (SSSR count). The normalized spacial score (nSPS) is 24.2. The largest absolute Gasteiger partial charge is 0.393 e. The molecule has 4 nitrogen and oxygen atoms in total. The van der Waals surface area contributed by atoms with Gasteiger partial charge in [-0.1, -0.05) is 24.6 Å². The summed E-state index contributed by atoms with van der Waals surface area (Å²) in [4.78, 5) is 0.225. The smallest absolute Gasteiger partial charge is 0.241 e. The minimum absolute atomic E-state index is 0.137. The minimum atomic E-state index is -3.58. The van der Waals surface area contributed by atoms with Crippen molar-refractivity contribution in [3.05, 3.63) is 28.8 Å². The second-order valence-electron chi connectivity index (χ2n) is 5.38. The van der Waals surface area contributed by atoms with Gasteiger partial charge < -0.3 is 5.11 Å². The molecule has 0 unspecified atom stereocenters. The lowest BCUT2D eigenvalue weighted by atomic mass is 9.77. The van der Waals surface area contributed by atoms with Gasteiger partial charge in [0.25, 0.3) is 0 Å². The van der Waals surface area contributed by atoms with Crippen LogP contribution in [-0.2, 0) is 10.0 Å². The molecule has 0 amide bonds. The third-order valence-electron chi connectivity index (χ3n) is 3.97. The summed E-state index contributed by atoms with van der Waals surface area (Å²) < 4.78 is 27.7. The van der Waals surface area contributed by atoms with Crippen LogP contribution in [0.15, 0.2) is 23.1 Å². The van der Waals surface area contributed by atoms with Crippen LogP contribution in [0.3, 0.4) is 0 Å². The lowest BCUT2D eigenvalue weighted by Gasteiger charge is -2.37. The fraction of sp³-hybridized carbons (Fsp3) is 0.571. The third-order valence-corrected chi connectivity index (χ3v) is 6.02. The molecule has 0 bridgehead atoms. The van der Waals surface area contributed by atoms with Crippen molar-refractivity contribution in [2.45, 2.75) is 50.2 Å². The van der Waals surface area contributed by atoms with E-state index in [1.54, 1.807) is 25.1 Å².